The van der Waals surface area contributed by atoms with Crippen molar-refractivity contribution in [2.45, 2.75) is 20.0 Å². The maximum atomic E-state index is 12.5. The van der Waals surface area contributed by atoms with Crippen molar-refractivity contribution in [3.05, 3.63) is 59.6 Å². The zero-order valence-corrected chi connectivity index (χ0v) is 14.8. The number of benzene rings is 2. The second kappa shape index (κ2) is 6.98. The number of carbonyl (C=O) groups excluding carboxylic acids is 1. The molecule has 116 valence electrons. The summed E-state index contributed by atoms with van der Waals surface area (Å²) in [6, 6.07) is 17.3. The highest BCUT2D eigenvalue weighted by atomic mass is 35.5. The molecule has 0 aliphatic heterocycles. The van der Waals surface area contributed by atoms with Gasteiger partial charge in [-0.3, -0.25) is 0 Å². The van der Waals surface area contributed by atoms with Crippen molar-refractivity contribution in [3.8, 4) is 0 Å². The third-order valence-corrected chi connectivity index (χ3v) is 7.13. The van der Waals surface area contributed by atoms with Crippen molar-refractivity contribution in [1.29, 1.82) is 0 Å². The van der Waals surface area contributed by atoms with Crippen molar-refractivity contribution in [3.63, 3.8) is 0 Å². The maximum absolute atomic E-state index is 12.5. The van der Waals surface area contributed by atoms with Crippen LogP contribution in [0.2, 0.25) is 18.1 Å². The molecule has 2 aromatic rings. The van der Waals surface area contributed by atoms with E-state index in [0.29, 0.717) is 11.6 Å². The van der Waals surface area contributed by atoms with Crippen molar-refractivity contribution in [2.24, 2.45) is 0 Å². The Morgan fingerprint density at radius 1 is 1.09 bits per heavy atom. The van der Waals surface area contributed by atoms with E-state index < -0.39 is 8.24 Å². The zero-order chi connectivity index (χ0) is 16.2. The Morgan fingerprint density at radius 3 is 2.23 bits per heavy atom. The lowest BCUT2D eigenvalue weighted by Crippen LogP contribution is -2.60. The van der Waals surface area contributed by atoms with Crippen molar-refractivity contribution >= 4 is 36.8 Å². The standard InChI is InChI=1S/C17H20ClNO2Si/c1-4-21-17(20)19(15-8-6-5-7-9-15)22(2,3)16-12-10-14(18)11-13-16/h5-13H,4H2,1-3H3. The van der Waals surface area contributed by atoms with Crippen LogP contribution in [0.4, 0.5) is 10.5 Å². The Balaban J connectivity index is 2.47. The van der Waals surface area contributed by atoms with Gasteiger partial charge in [-0.25, -0.2) is 4.79 Å². The van der Waals surface area contributed by atoms with E-state index in [4.69, 9.17) is 16.3 Å². The lowest BCUT2D eigenvalue weighted by atomic mass is 10.3. The smallest absolute Gasteiger partial charge is 0.406 e. The first-order chi connectivity index (χ1) is 10.5. The Bertz CT molecular complexity index is 629. The van der Waals surface area contributed by atoms with Gasteiger partial charge in [0, 0.05) is 10.7 Å². The summed E-state index contributed by atoms with van der Waals surface area (Å²) in [5.41, 5.74) is 0.854. The number of rotatable bonds is 4. The topological polar surface area (TPSA) is 29.5 Å². The van der Waals surface area contributed by atoms with Gasteiger partial charge in [-0.2, -0.15) is 0 Å². The second-order valence-corrected chi connectivity index (χ2v) is 10.0. The van der Waals surface area contributed by atoms with Gasteiger partial charge in [0.25, 0.3) is 0 Å². The van der Waals surface area contributed by atoms with E-state index >= 15 is 0 Å². The van der Waals surface area contributed by atoms with Gasteiger partial charge in [-0.05, 0) is 49.5 Å². The number of halogens is 1. The summed E-state index contributed by atoms with van der Waals surface area (Å²) in [6.07, 6.45) is -0.305. The highest BCUT2D eigenvalue weighted by Crippen LogP contribution is 2.23. The van der Waals surface area contributed by atoms with E-state index in [0.717, 1.165) is 10.9 Å². The number of hydrogen-bond acceptors (Lipinski definition) is 2. The molecule has 1 amide bonds. The van der Waals surface area contributed by atoms with Gasteiger partial charge in [0.15, 0.2) is 8.24 Å². The van der Waals surface area contributed by atoms with Crippen LogP contribution in [0.3, 0.4) is 0 Å². The molecule has 0 aromatic heterocycles. The molecule has 0 unspecified atom stereocenters. The van der Waals surface area contributed by atoms with Crippen molar-refractivity contribution < 1.29 is 9.53 Å². The summed E-state index contributed by atoms with van der Waals surface area (Å²) < 4.78 is 7.09. The van der Waals surface area contributed by atoms with Crippen LogP contribution in [0.5, 0.6) is 0 Å². The summed E-state index contributed by atoms with van der Waals surface area (Å²) in [5, 5.41) is 1.81. The van der Waals surface area contributed by atoms with E-state index in [2.05, 4.69) is 13.1 Å². The van der Waals surface area contributed by atoms with Gasteiger partial charge >= 0.3 is 6.09 Å². The third-order valence-electron chi connectivity index (χ3n) is 3.57. The van der Waals surface area contributed by atoms with E-state index in [1.807, 2.05) is 61.5 Å². The van der Waals surface area contributed by atoms with E-state index in [-0.39, 0.29) is 6.09 Å². The lowest BCUT2D eigenvalue weighted by molar-refractivity contribution is 0.163. The van der Waals surface area contributed by atoms with Crippen LogP contribution in [0.25, 0.3) is 0 Å². The maximum Gasteiger partial charge on any atom is 0.406 e. The predicted octanol–water partition coefficient (Wildman–Crippen LogP) is 4.42. The predicted molar refractivity (Wildman–Crippen MR) is 94.5 cm³/mol. The van der Waals surface area contributed by atoms with Crippen LogP contribution in [0.1, 0.15) is 6.92 Å². The SMILES string of the molecule is CCOC(=O)N(c1ccccc1)[Si](C)(C)c1ccc(Cl)cc1. The van der Waals surface area contributed by atoms with Crippen LogP contribution >= 0.6 is 11.6 Å². The number of carbonyl (C=O) groups is 1. The molecule has 0 atom stereocenters. The molecule has 5 heteroatoms. The lowest BCUT2D eigenvalue weighted by Gasteiger charge is -2.36. The largest absolute Gasteiger partial charge is 0.450 e. The highest BCUT2D eigenvalue weighted by molar-refractivity contribution is 6.95. The molecule has 0 aliphatic rings. The first-order valence-corrected chi connectivity index (χ1v) is 10.6. The number of ether oxygens (including phenoxy) is 1. The summed E-state index contributed by atoms with van der Waals surface area (Å²) in [5.74, 6) is 0. The van der Waals surface area contributed by atoms with Crippen LogP contribution in [-0.4, -0.2) is 20.9 Å². The molecule has 0 saturated heterocycles. The minimum Gasteiger partial charge on any atom is -0.450 e. The Hall–Kier alpha value is -1.78. The minimum atomic E-state index is -2.27. The molecule has 2 aromatic carbocycles. The van der Waals surface area contributed by atoms with Crippen molar-refractivity contribution in [2.75, 3.05) is 11.2 Å². The molecular formula is C17H20ClNO2Si. The number of amides is 1. The van der Waals surface area contributed by atoms with Crippen LogP contribution < -0.4 is 9.75 Å². The molecule has 0 bridgehead atoms. The van der Waals surface area contributed by atoms with Gasteiger partial charge in [0.1, 0.15) is 0 Å². The molecule has 0 heterocycles. The first kappa shape index (κ1) is 16.6. The highest BCUT2D eigenvalue weighted by Gasteiger charge is 2.37. The summed E-state index contributed by atoms with van der Waals surface area (Å²) in [7, 11) is -2.27. The molecule has 0 aliphatic carbocycles. The van der Waals surface area contributed by atoms with Crippen molar-refractivity contribution in [1.82, 2.24) is 0 Å². The number of para-hydroxylation sites is 1. The second-order valence-electron chi connectivity index (χ2n) is 5.44. The fourth-order valence-corrected chi connectivity index (χ4v) is 5.09. The Kier molecular flexibility index (Phi) is 5.27. The normalized spacial score (nSPS) is 11.1. The molecule has 22 heavy (non-hydrogen) atoms. The summed E-state index contributed by atoms with van der Waals surface area (Å²) in [6.45, 7) is 6.42. The average Bonchev–Trinajstić information content (AvgIpc) is 2.49. The van der Waals surface area contributed by atoms with Gasteiger partial charge in [0.2, 0.25) is 0 Å². The van der Waals surface area contributed by atoms with Crippen LogP contribution in [0.15, 0.2) is 54.6 Å². The minimum absolute atomic E-state index is 0.305. The number of nitrogens with zero attached hydrogens (tertiary/aromatic N) is 1. The van der Waals surface area contributed by atoms with E-state index in [1.54, 1.807) is 4.57 Å². The molecule has 3 nitrogen and oxygen atoms in total. The Labute approximate surface area is 137 Å². The molecular weight excluding hydrogens is 314 g/mol. The number of anilines is 1. The number of hydrogen-bond donors (Lipinski definition) is 0. The molecule has 0 saturated carbocycles. The average molecular weight is 334 g/mol. The first-order valence-electron chi connectivity index (χ1n) is 7.25. The molecule has 0 radical (unpaired) electrons. The molecule has 0 spiro atoms. The van der Waals surface area contributed by atoms with Gasteiger partial charge in [-0.15, -0.1) is 0 Å². The van der Waals surface area contributed by atoms with Gasteiger partial charge in [0.05, 0.1) is 6.61 Å². The van der Waals surface area contributed by atoms with Crippen LogP contribution in [0, 0.1) is 0 Å². The summed E-state index contributed by atoms with van der Waals surface area (Å²) in [4.78, 5) is 12.5. The van der Waals surface area contributed by atoms with Crippen LogP contribution in [-0.2, 0) is 4.74 Å². The molecule has 0 fully saturated rings. The fourth-order valence-electron chi connectivity index (χ4n) is 2.41. The van der Waals surface area contributed by atoms with Gasteiger partial charge < -0.3 is 9.30 Å². The zero-order valence-electron chi connectivity index (χ0n) is 13.0. The Morgan fingerprint density at radius 2 is 1.68 bits per heavy atom. The fraction of sp³-hybridized carbons (Fsp3) is 0.235. The molecule has 2 rings (SSSR count). The van der Waals surface area contributed by atoms with Gasteiger partial charge in [-0.1, -0.05) is 41.9 Å². The quantitative estimate of drug-likeness (QED) is 0.775. The van der Waals surface area contributed by atoms with E-state index in [9.17, 15) is 4.79 Å². The summed E-state index contributed by atoms with van der Waals surface area (Å²) >= 11 is 5.98. The molecule has 0 N–H and O–H groups in total. The third kappa shape index (κ3) is 3.51. The monoisotopic (exact) mass is 333 g/mol. The van der Waals surface area contributed by atoms with E-state index in [1.165, 1.54) is 0 Å².